The third kappa shape index (κ3) is 4.35. The van der Waals surface area contributed by atoms with Crippen molar-refractivity contribution in [1.82, 2.24) is 15.5 Å². The highest BCUT2D eigenvalue weighted by Crippen LogP contribution is 2.43. The lowest BCUT2D eigenvalue weighted by Crippen LogP contribution is -2.26. The van der Waals surface area contributed by atoms with Gasteiger partial charge in [-0.25, -0.2) is 0 Å². The lowest BCUT2D eigenvalue weighted by atomic mass is 10.1. The van der Waals surface area contributed by atoms with Gasteiger partial charge in [0.2, 0.25) is 11.8 Å². The molecule has 5 nitrogen and oxygen atoms in total. The third-order valence-corrected chi connectivity index (χ3v) is 4.56. The van der Waals surface area contributed by atoms with Crippen LogP contribution >= 0.6 is 11.6 Å². The van der Waals surface area contributed by atoms with Gasteiger partial charge in [0.25, 0.3) is 0 Å². The Morgan fingerprint density at radius 2 is 2.21 bits per heavy atom. The summed E-state index contributed by atoms with van der Waals surface area (Å²) in [7, 11) is 0. The smallest absolute Gasteiger partial charge is 0.226 e. The van der Waals surface area contributed by atoms with Gasteiger partial charge in [-0.2, -0.15) is 4.98 Å². The van der Waals surface area contributed by atoms with Crippen LogP contribution in [0, 0.1) is 0 Å². The molecule has 2 atom stereocenters. The normalized spacial score (nSPS) is 19.2. The molecule has 3 rings (SSSR count). The van der Waals surface area contributed by atoms with Gasteiger partial charge >= 0.3 is 0 Å². The fourth-order valence-electron chi connectivity index (χ4n) is 2.87. The Morgan fingerprint density at radius 1 is 1.38 bits per heavy atom. The zero-order valence-electron chi connectivity index (χ0n) is 13.8. The topological polar surface area (TPSA) is 68.0 Å². The number of hydrogen-bond acceptors (Lipinski definition) is 4. The summed E-state index contributed by atoms with van der Waals surface area (Å²) in [5, 5.41) is 7.77. The van der Waals surface area contributed by atoms with Crippen LogP contribution in [0.4, 0.5) is 0 Å². The first kappa shape index (κ1) is 17.0. The van der Waals surface area contributed by atoms with E-state index in [9.17, 15) is 4.79 Å². The summed E-state index contributed by atoms with van der Waals surface area (Å²) in [6, 6.07) is 8.03. The molecule has 6 heteroatoms. The summed E-state index contributed by atoms with van der Waals surface area (Å²) >= 11 is 6.20. The first-order valence-electron chi connectivity index (χ1n) is 8.52. The Kier molecular flexibility index (Phi) is 5.51. The maximum Gasteiger partial charge on any atom is 0.226 e. The summed E-state index contributed by atoms with van der Waals surface area (Å²) in [4.78, 5) is 16.3. The summed E-state index contributed by atoms with van der Waals surface area (Å²) < 4.78 is 5.17. The average Bonchev–Trinajstić information content (AvgIpc) is 3.16. The van der Waals surface area contributed by atoms with Gasteiger partial charge in [0.1, 0.15) is 0 Å². The van der Waals surface area contributed by atoms with E-state index in [1.165, 1.54) is 0 Å². The van der Waals surface area contributed by atoms with Crippen LogP contribution in [0.5, 0.6) is 0 Å². The minimum absolute atomic E-state index is 0.0721. The van der Waals surface area contributed by atoms with Crippen molar-refractivity contribution in [3.63, 3.8) is 0 Å². The minimum atomic E-state index is 0.0721. The lowest BCUT2D eigenvalue weighted by molar-refractivity contribution is -0.121. The maximum absolute atomic E-state index is 12.0. The van der Waals surface area contributed by atoms with Gasteiger partial charge in [-0.15, -0.1) is 0 Å². The molecule has 1 amide bonds. The minimum Gasteiger partial charge on any atom is -0.353 e. The average molecular weight is 348 g/mol. The van der Waals surface area contributed by atoms with Crippen molar-refractivity contribution < 1.29 is 9.32 Å². The molecule has 0 aliphatic heterocycles. The van der Waals surface area contributed by atoms with Crippen molar-refractivity contribution >= 4 is 17.5 Å². The molecule has 1 aromatic heterocycles. The molecule has 128 valence electrons. The van der Waals surface area contributed by atoms with E-state index in [0.717, 1.165) is 35.7 Å². The molecule has 0 saturated heterocycles. The predicted molar refractivity (Wildman–Crippen MR) is 92.0 cm³/mol. The number of rotatable bonds is 8. The molecule has 1 aromatic carbocycles. The number of halogens is 1. The molecule has 0 spiro atoms. The van der Waals surface area contributed by atoms with E-state index in [1.807, 2.05) is 24.3 Å². The van der Waals surface area contributed by atoms with E-state index in [0.29, 0.717) is 31.1 Å². The molecule has 24 heavy (non-hydrogen) atoms. The lowest BCUT2D eigenvalue weighted by Gasteiger charge is -2.05. The molecule has 0 radical (unpaired) electrons. The number of benzene rings is 1. The van der Waals surface area contributed by atoms with Gasteiger partial charge in [0, 0.05) is 36.2 Å². The van der Waals surface area contributed by atoms with Gasteiger partial charge in [-0.1, -0.05) is 41.9 Å². The second-order valence-electron chi connectivity index (χ2n) is 6.25. The first-order valence-corrected chi connectivity index (χ1v) is 8.90. The number of aryl methyl sites for hydroxylation is 2. The third-order valence-electron chi connectivity index (χ3n) is 4.22. The van der Waals surface area contributed by atoms with E-state index in [2.05, 4.69) is 22.4 Å². The molecular formula is C18H22ClN3O2. The predicted octanol–water partition coefficient (Wildman–Crippen LogP) is 3.67. The molecule has 1 saturated carbocycles. The fourth-order valence-corrected chi connectivity index (χ4v) is 3.15. The maximum atomic E-state index is 12.0. The van der Waals surface area contributed by atoms with Gasteiger partial charge in [-0.3, -0.25) is 4.79 Å². The molecule has 1 aliphatic carbocycles. The van der Waals surface area contributed by atoms with Crippen molar-refractivity contribution in [2.75, 3.05) is 0 Å². The molecule has 0 bridgehead atoms. The zero-order chi connectivity index (χ0) is 16.9. The molecular weight excluding hydrogens is 326 g/mol. The summed E-state index contributed by atoms with van der Waals surface area (Å²) in [5.74, 6) is 1.78. The van der Waals surface area contributed by atoms with Crippen LogP contribution in [0.1, 0.15) is 55.8 Å². The van der Waals surface area contributed by atoms with Crippen LogP contribution in [-0.4, -0.2) is 22.1 Å². The summed E-state index contributed by atoms with van der Waals surface area (Å²) in [6.07, 6.45) is 4.60. The second-order valence-corrected chi connectivity index (χ2v) is 6.65. The number of aromatic nitrogens is 2. The van der Waals surface area contributed by atoms with E-state index in [1.54, 1.807) is 0 Å². The monoisotopic (exact) mass is 347 g/mol. The highest BCUT2D eigenvalue weighted by atomic mass is 35.5. The number of carbonyl (C=O) groups is 1. The number of carbonyl (C=O) groups excluding carboxylic acids is 1. The Morgan fingerprint density at radius 3 is 3.00 bits per heavy atom. The zero-order valence-corrected chi connectivity index (χ0v) is 14.6. The van der Waals surface area contributed by atoms with Gasteiger partial charge in [0.05, 0.1) is 0 Å². The molecule has 2 aromatic rings. The largest absolute Gasteiger partial charge is 0.353 e. The Balaban J connectivity index is 1.38. The summed E-state index contributed by atoms with van der Waals surface area (Å²) in [5.41, 5.74) is 1.12. The molecule has 1 N–H and O–H groups in total. The van der Waals surface area contributed by atoms with Crippen LogP contribution in [-0.2, 0) is 17.6 Å². The van der Waals surface area contributed by atoms with E-state index >= 15 is 0 Å². The highest BCUT2D eigenvalue weighted by molar-refractivity contribution is 6.31. The van der Waals surface area contributed by atoms with Crippen molar-refractivity contribution in [3.05, 3.63) is 46.6 Å². The standard InChI is InChI=1S/C18H22ClN3O2/c1-2-6-16-21-18(24-22-16)10-5-9-17(23)20-15-11-13(15)12-7-3-4-8-14(12)19/h3-4,7-8,13,15H,2,5-6,9-11H2,1H3,(H,20,23)/t13-,15+/m1/s1. The fraction of sp³-hybridized carbons (Fsp3) is 0.500. The number of amides is 1. The van der Waals surface area contributed by atoms with Crippen molar-refractivity contribution in [2.24, 2.45) is 0 Å². The number of nitrogens with one attached hydrogen (secondary N) is 1. The SMILES string of the molecule is CCCc1noc(CCCC(=O)N[C@H]2C[C@@H]2c2ccccc2Cl)n1. The van der Waals surface area contributed by atoms with Crippen molar-refractivity contribution in [2.45, 2.75) is 57.4 Å². The Bertz CT molecular complexity index is 701. The van der Waals surface area contributed by atoms with Gasteiger partial charge < -0.3 is 9.84 Å². The van der Waals surface area contributed by atoms with Crippen LogP contribution in [0.2, 0.25) is 5.02 Å². The van der Waals surface area contributed by atoms with Crippen molar-refractivity contribution in [3.8, 4) is 0 Å². The van der Waals surface area contributed by atoms with Crippen LogP contribution in [0.25, 0.3) is 0 Å². The molecule has 1 aliphatic rings. The number of nitrogens with zero attached hydrogens (tertiary/aromatic N) is 2. The molecule has 0 unspecified atom stereocenters. The van der Waals surface area contributed by atoms with E-state index in [-0.39, 0.29) is 11.9 Å². The summed E-state index contributed by atoms with van der Waals surface area (Å²) in [6.45, 7) is 2.08. The van der Waals surface area contributed by atoms with E-state index in [4.69, 9.17) is 16.1 Å². The molecule has 1 heterocycles. The van der Waals surface area contributed by atoms with Crippen molar-refractivity contribution in [1.29, 1.82) is 0 Å². The van der Waals surface area contributed by atoms with Crippen LogP contribution < -0.4 is 5.32 Å². The van der Waals surface area contributed by atoms with Crippen LogP contribution in [0.15, 0.2) is 28.8 Å². The highest BCUT2D eigenvalue weighted by Gasteiger charge is 2.40. The Hall–Kier alpha value is -1.88. The second kappa shape index (κ2) is 7.79. The Labute approximate surface area is 146 Å². The first-order chi connectivity index (χ1) is 11.7. The van der Waals surface area contributed by atoms with Crippen LogP contribution in [0.3, 0.4) is 0 Å². The van der Waals surface area contributed by atoms with Gasteiger partial charge in [-0.05, 0) is 30.9 Å². The van der Waals surface area contributed by atoms with Gasteiger partial charge in [0.15, 0.2) is 5.82 Å². The number of hydrogen-bond donors (Lipinski definition) is 1. The molecule has 1 fully saturated rings. The quantitative estimate of drug-likeness (QED) is 0.791. The van der Waals surface area contributed by atoms with E-state index < -0.39 is 0 Å².